The van der Waals surface area contributed by atoms with E-state index in [1.165, 1.54) is 0 Å². The minimum atomic E-state index is -0.0859. The van der Waals surface area contributed by atoms with Crippen LogP contribution < -0.4 is 10.6 Å². The van der Waals surface area contributed by atoms with Gasteiger partial charge >= 0.3 is 0 Å². The summed E-state index contributed by atoms with van der Waals surface area (Å²) in [6.45, 7) is 6.89. The standard InChI is InChI=1S/C19H25BrN6O/c1-4-15(11-27)23-18-24-17-16(12(2)3)10-22-26(17)19(25-18)21-9-13-5-7-14(20)8-6-13/h5-8,10,12,15,27H,4,9,11H2,1-3H3,(H2,21,23,24,25). The number of hydrogen-bond donors (Lipinski definition) is 3. The number of aliphatic hydroxyl groups is 1. The number of halogens is 1. The summed E-state index contributed by atoms with van der Waals surface area (Å²) in [5.74, 6) is 1.40. The summed E-state index contributed by atoms with van der Waals surface area (Å²) in [6.07, 6.45) is 2.62. The quantitative estimate of drug-likeness (QED) is 0.501. The Balaban J connectivity index is 1.94. The third kappa shape index (κ3) is 4.56. The van der Waals surface area contributed by atoms with Gasteiger partial charge in [0.1, 0.15) is 0 Å². The fourth-order valence-electron chi connectivity index (χ4n) is 2.72. The Hall–Kier alpha value is -2.19. The zero-order valence-electron chi connectivity index (χ0n) is 15.8. The normalized spacial score (nSPS) is 12.5. The highest BCUT2D eigenvalue weighted by Gasteiger charge is 2.16. The van der Waals surface area contributed by atoms with Crippen LogP contribution in [0.5, 0.6) is 0 Å². The SMILES string of the molecule is CCC(CO)Nc1nc(NCc2ccc(Br)cc2)n2ncc(C(C)C)c2n1. The molecule has 1 atom stereocenters. The summed E-state index contributed by atoms with van der Waals surface area (Å²) in [6, 6.07) is 8.04. The van der Waals surface area contributed by atoms with Crippen LogP contribution in [-0.4, -0.2) is 37.3 Å². The summed E-state index contributed by atoms with van der Waals surface area (Å²) in [5.41, 5.74) is 2.97. The molecule has 0 amide bonds. The van der Waals surface area contributed by atoms with E-state index in [2.05, 4.69) is 67.6 Å². The molecule has 0 fully saturated rings. The minimum Gasteiger partial charge on any atom is -0.394 e. The zero-order valence-corrected chi connectivity index (χ0v) is 17.4. The van der Waals surface area contributed by atoms with Gasteiger partial charge in [-0.05, 0) is 30.0 Å². The summed E-state index contributed by atoms with van der Waals surface area (Å²) in [4.78, 5) is 9.23. The fourth-order valence-corrected chi connectivity index (χ4v) is 2.99. The maximum absolute atomic E-state index is 9.49. The van der Waals surface area contributed by atoms with Gasteiger partial charge in [-0.15, -0.1) is 0 Å². The smallest absolute Gasteiger partial charge is 0.229 e. The summed E-state index contributed by atoms with van der Waals surface area (Å²) >= 11 is 3.45. The molecule has 3 rings (SSSR count). The largest absolute Gasteiger partial charge is 0.394 e. The lowest BCUT2D eigenvalue weighted by Crippen LogP contribution is -2.24. The number of aliphatic hydroxyl groups excluding tert-OH is 1. The predicted molar refractivity (Wildman–Crippen MR) is 111 cm³/mol. The van der Waals surface area contributed by atoms with Crippen molar-refractivity contribution in [1.82, 2.24) is 19.6 Å². The molecular weight excluding hydrogens is 408 g/mol. The monoisotopic (exact) mass is 432 g/mol. The van der Waals surface area contributed by atoms with Crippen LogP contribution in [0.3, 0.4) is 0 Å². The second-order valence-electron chi connectivity index (χ2n) is 6.77. The number of fused-ring (bicyclic) bond motifs is 1. The Morgan fingerprint density at radius 3 is 2.56 bits per heavy atom. The first-order valence-corrected chi connectivity index (χ1v) is 9.92. The van der Waals surface area contributed by atoms with Crippen molar-refractivity contribution in [2.75, 3.05) is 17.2 Å². The van der Waals surface area contributed by atoms with E-state index in [9.17, 15) is 5.11 Å². The van der Waals surface area contributed by atoms with E-state index in [-0.39, 0.29) is 12.6 Å². The Morgan fingerprint density at radius 2 is 1.93 bits per heavy atom. The Morgan fingerprint density at radius 1 is 1.19 bits per heavy atom. The van der Waals surface area contributed by atoms with Gasteiger partial charge in [-0.25, -0.2) is 0 Å². The Bertz CT molecular complexity index is 889. The number of aromatic nitrogens is 4. The average molecular weight is 433 g/mol. The van der Waals surface area contributed by atoms with E-state index >= 15 is 0 Å². The minimum absolute atomic E-state index is 0.0307. The number of rotatable bonds is 8. The molecule has 2 aromatic heterocycles. The number of nitrogens with one attached hydrogen (secondary N) is 2. The predicted octanol–water partition coefficient (Wildman–Crippen LogP) is 3.81. The molecule has 0 aliphatic rings. The lowest BCUT2D eigenvalue weighted by atomic mass is 10.1. The van der Waals surface area contributed by atoms with Gasteiger partial charge in [0.05, 0.1) is 18.8 Å². The first-order chi connectivity index (χ1) is 13.0. The van der Waals surface area contributed by atoms with Gasteiger partial charge in [0, 0.05) is 16.6 Å². The van der Waals surface area contributed by atoms with E-state index in [1.54, 1.807) is 4.52 Å². The van der Waals surface area contributed by atoms with E-state index < -0.39 is 0 Å². The third-order valence-electron chi connectivity index (χ3n) is 4.43. The molecule has 7 nitrogen and oxygen atoms in total. The number of anilines is 2. The first-order valence-electron chi connectivity index (χ1n) is 9.13. The van der Waals surface area contributed by atoms with Crippen LogP contribution in [-0.2, 0) is 6.54 Å². The third-order valence-corrected chi connectivity index (χ3v) is 4.96. The van der Waals surface area contributed by atoms with Gasteiger partial charge < -0.3 is 15.7 Å². The van der Waals surface area contributed by atoms with Crippen molar-refractivity contribution >= 4 is 33.5 Å². The molecule has 0 aliphatic heterocycles. The van der Waals surface area contributed by atoms with E-state index in [0.29, 0.717) is 24.4 Å². The van der Waals surface area contributed by atoms with Crippen molar-refractivity contribution in [3.05, 3.63) is 46.1 Å². The maximum atomic E-state index is 9.49. The molecule has 3 aromatic rings. The number of nitrogens with zero attached hydrogens (tertiary/aromatic N) is 4. The highest BCUT2D eigenvalue weighted by atomic mass is 79.9. The van der Waals surface area contributed by atoms with Crippen molar-refractivity contribution < 1.29 is 5.11 Å². The van der Waals surface area contributed by atoms with Crippen molar-refractivity contribution in [3.63, 3.8) is 0 Å². The molecule has 0 bridgehead atoms. The summed E-state index contributed by atoms with van der Waals surface area (Å²) in [5, 5.41) is 20.5. The molecule has 27 heavy (non-hydrogen) atoms. The molecule has 0 saturated carbocycles. The van der Waals surface area contributed by atoms with Crippen LogP contribution in [0.15, 0.2) is 34.9 Å². The summed E-state index contributed by atoms with van der Waals surface area (Å²) in [7, 11) is 0. The van der Waals surface area contributed by atoms with Crippen LogP contribution >= 0.6 is 15.9 Å². The second-order valence-corrected chi connectivity index (χ2v) is 7.69. The van der Waals surface area contributed by atoms with E-state index in [4.69, 9.17) is 0 Å². The van der Waals surface area contributed by atoms with Gasteiger partial charge in [0.25, 0.3) is 0 Å². The van der Waals surface area contributed by atoms with Crippen LogP contribution in [0.25, 0.3) is 5.65 Å². The Kier molecular flexibility index (Phi) is 6.28. The lowest BCUT2D eigenvalue weighted by Gasteiger charge is -2.16. The van der Waals surface area contributed by atoms with Crippen molar-refractivity contribution in [1.29, 1.82) is 0 Å². The number of benzene rings is 1. The molecular formula is C19H25BrN6O. The topological polar surface area (TPSA) is 87.4 Å². The molecule has 144 valence electrons. The molecule has 3 N–H and O–H groups in total. The van der Waals surface area contributed by atoms with Crippen molar-refractivity contribution in [2.45, 2.75) is 45.7 Å². The van der Waals surface area contributed by atoms with E-state index in [1.807, 2.05) is 25.3 Å². The highest BCUT2D eigenvalue weighted by molar-refractivity contribution is 9.10. The lowest BCUT2D eigenvalue weighted by molar-refractivity contribution is 0.271. The fraction of sp³-hybridized carbons (Fsp3) is 0.421. The molecule has 2 heterocycles. The van der Waals surface area contributed by atoms with Crippen molar-refractivity contribution in [3.8, 4) is 0 Å². The maximum Gasteiger partial charge on any atom is 0.229 e. The van der Waals surface area contributed by atoms with Gasteiger partial charge in [0.15, 0.2) is 5.65 Å². The molecule has 1 aromatic carbocycles. The Labute approximate surface area is 167 Å². The van der Waals surface area contributed by atoms with E-state index in [0.717, 1.165) is 27.7 Å². The molecule has 8 heteroatoms. The van der Waals surface area contributed by atoms with Crippen molar-refractivity contribution in [2.24, 2.45) is 0 Å². The number of hydrogen-bond acceptors (Lipinski definition) is 6. The summed E-state index contributed by atoms with van der Waals surface area (Å²) < 4.78 is 2.78. The molecule has 0 saturated heterocycles. The highest BCUT2D eigenvalue weighted by Crippen LogP contribution is 2.22. The van der Waals surface area contributed by atoms with Crippen LogP contribution in [0.4, 0.5) is 11.9 Å². The first kappa shape index (κ1) is 19.6. The van der Waals surface area contributed by atoms with Gasteiger partial charge in [-0.3, -0.25) is 0 Å². The second kappa shape index (κ2) is 8.67. The molecule has 0 radical (unpaired) electrons. The average Bonchev–Trinajstić information content (AvgIpc) is 3.09. The van der Waals surface area contributed by atoms with Gasteiger partial charge in [0.2, 0.25) is 11.9 Å². The van der Waals surface area contributed by atoms with Crippen LogP contribution in [0.1, 0.15) is 44.2 Å². The van der Waals surface area contributed by atoms with Gasteiger partial charge in [-0.2, -0.15) is 19.6 Å². The molecule has 0 aliphatic carbocycles. The molecule has 0 spiro atoms. The van der Waals surface area contributed by atoms with Crippen LogP contribution in [0.2, 0.25) is 0 Å². The van der Waals surface area contributed by atoms with Crippen LogP contribution in [0, 0.1) is 0 Å². The molecule has 1 unspecified atom stereocenters. The zero-order chi connectivity index (χ0) is 19.4. The van der Waals surface area contributed by atoms with Gasteiger partial charge in [-0.1, -0.05) is 48.8 Å².